The zero-order chi connectivity index (χ0) is 22.3. The normalized spacial score (nSPS) is 15.9. The highest BCUT2D eigenvalue weighted by molar-refractivity contribution is 6.32. The molecule has 0 fully saturated rings. The van der Waals surface area contributed by atoms with Crippen molar-refractivity contribution in [2.24, 2.45) is 0 Å². The van der Waals surface area contributed by atoms with Crippen molar-refractivity contribution in [3.8, 4) is 0 Å². The van der Waals surface area contributed by atoms with Gasteiger partial charge in [-0.25, -0.2) is 4.39 Å². The van der Waals surface area contributed by atoms with Crippen LogP contribution in [0.15, 0.2) is 45.6 Å². The predicted octanol–water partition coefficient (Wildman–Crippen LogP) is 5.25. The van der Waals surface area contributed by atoms with Crippen LogP contribution < -0.4 is 5.43 Å². The molecule has 0 aliphatic carbocycles. The molecule has 4 rings (SSSR count). The Bertz CT molecular complexity index is 1200. The molecule has 1 unspecified atom stereocenters. The van der Waals surface area contributed by atoms with Crippen molar-refractivity contribution in [1.29, 1.82) is 0 Å². The van der Waals surface area contributed by atoms with Crippen molar-refractivity contribution < 1.29 is 18.3 Å². The van der Waals surface area contributed by atoms with Crippen LogP contribution in [0.2, 0.25) is 5.02 Å². The molecule has 0 saturated heterocycles. The van der Waals surface area contributed by atoms with E-state index in [0.29, 0.717) is 41.1 Å². The highest BCUT2D eigenvalue weighted by atomic mass is 35.5. The number of nitrogens with zero attached hydrogens (tertiary/aromatic N) is 1. The van der Waals surface area contributed by atoms with Gasteiger partial charge in [-0.2, -0.15) is 0 Å². The first-order chi connectivity index (χ1) is 14.8. The van der Waals surface area contributed by atoms with Crippen LogP contribution in [0.5, 0.6) is 0 Å². The van der Waals surface area contributed by atoms with Crippen molar-refractivity contribution in [2.45, 2.75) is 39.3 Å². The highest BCUT2D eigenvalue weighted by Crippen LogP contribution is 2.38. The molecule has 0 bridgehead atoms. The summed E-state index contributed by atoms with van der Waals surface area (Å²) in [6.45, 7) is 6.54. The minimum atomic E-state index is -0.664. The van der Waals surface area contributed by atoms with Crippen molar-refractivity contribution in [3.05, 3.63) is 79.9 Å². The molecule has 2 heterocycles. The Labute approximate surface area is 184 Å². The topological polar surface area (TPSA) is 59.8 Å². The number of benzene rings is 2. The summed E-state index contributed by atoms with van der Waals surface area (Å²) in [5.74, 6) is -0.725. The Balaban J connectivity index is 1.83. The summed E-state index contributed by atoms with van der Waals surface area (Å²) in [5, 5.41) is 0.768. The molecule has 1 amide bonds. The monoisotopic (exact) mass is 443 g/mol. The molecule has 0 N–H and O–H groups in total. The minimum Gasteiger partial charge on any atom is -0.450 e. The van der Waals surface area contributed by atoms with Crippen molar-refractivity contribution in [2.75, 3.05) is 13.2 Å². The Hall–Kier alpha value is -2.70. The van der Waals surface area contributed by atoms with Gasteiger partial charge in [0, 0.05) is 18.2 Å². The van der Waals surface area contributed by atoms with Crippen molar-refractivity contribution in [1.82, 2.24) is 4.90 Å². The lowest BCUT2D eigenvalue weighted by Crippen LogP contribution is -2.31. The Morgan fingerprint density at radius 1 is 1.19 bits per heavy atom. The van der Waals surface area contributed by atoms with Crippen molar-refractivity contribution in [3.63, 3.8) is 0 Å². The van der Waals surface area contributed by atoms with Crippen LogP contribution in [0.25, 0.3) is 11.0 Å². The van der Waals surface area contributed by atoms with E-state index >= 15 is 0 Å². The number of aryl methyl sites for hydroxylation is 1. The first-order valence-corrected chi connectivity index (χ1v) is 10.6. The number of rotatable bonds is 6. The second-order valence-corrected chi connectivity index (χ2v) is 8.40. The average Bonchev–Trinajstić information content (AvgIpc) is 3.00. The maximum Gasteiger partial charge on any atom is 0.290 e. The second-order valence-electron chi connectivity index (χ2n) is 8.00. The third kappa shape index (κ3) is 3.98. The first-order valence-electron chi connectivity index (χ1n) is 10.2. The summed E-state index contributed by atoms with van der Waals surface area (Å²) in [6.07, 6.45) is 0.676. The Kier molecular flexibility index (Phi) is 5.86. The van der Waals surface area contributed by atoms with E-state index in [9.17, 15) is 14.0 Å². The zero-order valence-corrected chi connectivity index (χ0v) is 18.3. The van der Waals surface area contributed by atoms with E-state index in [-0.39, 0.29) is 28.8 Å². The van der Waals surface area contributed by atoms with Crippen LogP contribution in [0.3, 0.4) is 0 Å². The zero-order valence-electron chi connectivity index (χ0n) is 17.6. The standard InChI is InChI=1S/C24H23ClFNO4/c1-13(2)30-10-4-9-27-21(15-5-7-16(26)8-6-15)20-22(28)17-12-18(25)14(3)11-19(17)31-23(20)24(27)29/h5-8,11-13,21H,4,9-10H2,1-3H3. The number of carbonyl (C=O) groups excluding carboxylic acids is 1. The van der Waals surface area contributed by atoms with Crippen LogP contribution in [-0.2, 0) is 4.74 Å². The van der Waals surface area contributed by atoms with Crippen molar-refractivity contribution >= 4 is 28.5 Å². The van der Waals surface area contributed by atoms with Gasteiger partial charge in [0.25, 0.3) is 5.91 Å². The van der Waals surface area contributed by atoms with Gasteiger partial charge in [-0.15, -0.1) is 0 Å². The maximum atomic E-state index is 13.5. The largest absolute Gasteiger partial charge is 0.450 e. The average molecular weight is 444 g/mol. The molecule has 1 atom stereocenters. The van der Waals surface area contributed by atoms with Gasteiger partial charge in [-0.3, -0.25) is 9.59 Å². The number of hydrogen-bond donors (Lipinski definition) is 0. The molecule has 3 aromatic rings. The fourth-order valence-electron chi connectivity index (χ4n) is 3.92. The van der Waals surface area contributed by atoms with Gasteiger partial charge in [-0.1, -0.05) is 23.7 Å². The molecule has 31 heavy (non-hydrogen) atoms. The number of fused-ring (bicyclic) bond motifs is 2. The van der Waals surface area contributed by atoms with E-state index in [1.807, 2.05) is 13.8 Å². The third-order valence-electron chi connectivity index (χ3n) is 5.43. The van der Waals surface area contributed by atoms with E-state index in [1.54, 1.807) is 36.1 Å². The molecule has 2 aromatic carbocycles. The number of halogens is 2. The molecule has 0 spiro atoms. The summed E-state index contributed by atoms with van der Waals surface area (Å²) < 4.78 is 25.1. The summed E-state index contributed by atoms with van der Waals surface area (Å²) in [7, 11) is 0. The molecular weight excluding hydrogens is 421 g/mol. The predicted molar refractivity (Wildman–Crippen MR) is 117 cm³/mol. The Morgan fingerprint density at radius 2 is 1.90 bits per heavy atom. The molecule has 7 heteroatoms. The van der Waals surface area contributed by atoms with E-state index in [0.717, 1.165) is 5.56 Å². The van der Waals surface area contributed by atoms with Crippen LogP contribution in [0, 0.1) is 12.7 Å². The maximum absolute atomic E-state index is 13.5. The fraction of sp³-hybridized carbons (Fsp3) is 0.333. The van der Waals surface area contributed by atoms with Crippen LogP contribution in [0.1, 0.15) is 53.6 Å². The van der Waals surface area contributed by atoms with Gasteiger partial charge in [0.1, 0.15) is 11.4 Å². The molecule has 1 aliphatic heterocycles. The van der Waals surface area contributed by atoms with E-state index in [1.165, 1.54) is 12.1 Å². The summed E-state index contributed by atoms with van der Waals surface area (Å²) in [4.78, 5) is 28.3. The second kappa shape index (κ2) is 8.44. The number of ether oxygens (including phenoxy) is 1. The quantitative estimate of drug-likeness (QED) is 0.488. The molecule has 1 aromatic heterocycles. The molecule has 1 aliphatic rings. The number of carbonyl (C=O) groups is 1. The smallest absolute Gasteiger partial charge is 0.290 e. The lowest BCUT2D eigenvalue weighted by atomic mass is 9.98. The number of hydrogen-bond acceptors (Lipinski definition) is 4. The van der Waals surface area contributed by atoms with E-state index < -0.39 is 11.9 Å². The van der Waals surface area contributed by atoms with Gasteiger partial charge >= 0.3 is 0 Å². The lowest BCUT2D eigenvalue weighted by molar-refractivity contribution is 0.0593. The SMILES string of the molecule is Cc1cc2oc3c(c(=O)c2cc1Cl)C(c1ccc(F)cc1)N(CCCOC(C)C)C3=O. The van der Waals surface area contributed by atoms with Gasteiger partial charge < -0.3 is 14.1 Å². The van der Waals surface area contributed by atoms with Crippen LogP contribution in [-0.4, -0.2) is 30.1 Å². The van der Waals surface area contributed by atoms with Crippen LogP contribution >= 0.6 is 11.6 Å². The van der Waals surface area contributed by atoms with Gasteiger partial charge in [0.2, 0.25) is 5.76 Å². The molecule has 0 saturated carbocycles. The minimum absolute atomic E-state index is 0.0262. The van der Waals surface area contributed by atoms with Gasteiger partial charge in [-0.05, 0) is 62.6 Å². The molecule has 5 nitrogen and oxygen atoms in total. The molecular formula is C24H23ClFNO4. The Morgan fingerprint density at radius 3 is 2.58 bits per heavy atom. The van der Waals surface area contributed by atoms with E-state index in [4.69, 9.17) is 20.8 Å². The molecule has 0 radical (unpaired) electrons. The lowest BCUT2D eigenvalue weighted by Gasteiger charge is -2.25. The van der Waals surface area contributed by atoms with Gasteiger partial charge in [0.15, 0.2) is 5.43 Å². The van der Waals surface area contributed by atoms with Crippen LogP contribution in [0.4, 0.5) is 4.39 Å². The summed E-state index contributed by atoms with van der Waals surface area (Å²) in [6, 6.07) is 8.39. The first kappa shape index (κ1) is 21.5. The highest BCUT2D eigenvalue weighted by Gasteiger charge is 2.42. The third-order valence-corrected chi connectivity index (χ3v) is 5.83. The summed E-state index contributed by atoms with van der Waals surface area (Å²) >= 11 is 6.24. The van der Waals surface area contributed by atoms with E-state index in [2.05, 4.69) is 0 Å². The fourth-order valence-corrected chi connectivity index (χ4v) is 4.08. The molecule has 162 valence electrons. The summed E-state index contributed by atoms with van der Waals surface area (Å²) in [5.41, 5.74) is 1.67. The number of amides is 1. The van der Waals surface area contributed by atoms with Gasteiger partial charge in [0.05, 0.1) is 23.1 Å².